The van der Waals surface area contributed by atoms with Crippen molar-refractivity contribution in [3.8, 4) is 0 Å². The van der Waals surface area contributed by atoms with Crippen molar-refractivity contribution in [1.82, 2.24) is 5.32 Å². The number of hydrogen-bond acceptors (Lipinski definition) is 4. The van der Waals surface area contributed by atoms with Gasteiger partial charge >= 0.3 is 0 Å². The second-order valence-corrected chi connectivity index (χ2v) is 7.99. The van der Waals surface area contributed by atoms with Crippen molar-refractivity contribution in [2.24, 2.45) is 0 Å². The fourth-order valence-corrected chi connectivity index (χ4v) is 4.71. The summed E-state index contributed by atoms with van der Waals surface area (Å²) in [6.45, 7) is 6.12. The van der Waals surface area contributed by atoms with Gasteiger partial charge in [-0.2, -0.15) is 0 Å². The van der Waals surface area contributed by atoms with E-state index < -0.39 is 0 Å². The Hall–Kier alpha value is -2.02. The van der Waals surface area contributed by atoms with Gasteiger partial charge in [-0.3, -0.25) is 4.79 Å². The molecule has 1 saturated heterocycles. The Morgan fingerprint density at radius 2 is 1.67 bits per heavy atom. The van der Waals surface area contributed by atoms with Crippen molar-refractivity contribution in [2.75, 3.05) is 50.8 Å². The van der Waals surface area contributed by atoms with Gasteiger partial charge in [-0.05, 0) is 24.3 Å². The number of quaternary nitrogens is 1. The summed E-state index contributed by atoms with van der Waals surface area (Å²) in [5.74, 6) is 0.121. The van der Waals surface area contributed by atoms with E-state index in [1.807, 2.05) is 0 Å². The number of morpholine rings is 1. The third-order valence-corrected chi connectivity index (χ3v) is 6.23. The van der Waals surface area contributed by atoms with E-state index in [1.54, 1.807) is 11.8 Å². The number of para-hydroxylation sites is 2. The Labute approximate surface area is 164 Å². The van der Waals surface area contributed by atoms with Gasteiger partial charge in [-0.15, -0.1) is 0 Å². The van der Waals surface area contributed by atoms with Crippen LogP contribution in [0.1, 0.15) is 6.42 Å². The summed E-state index contributed by atoms with van der Waals surface area (Å²) in [4.78, 5) is 18.6. The van der Waals surface area contributed by atoms with E-state index in [4.69, 9.17) is 4.74 Å². The van der Waals surface area contributed by atoms with Gasteiger partial charge in [0.1, 0.15) is 13.1 Å². The molecular weight excluding hydrogens is 358 g/mol. The molecule has 0 unspecified atom stereocenters. The fourth-order valence-electron chi connectivity index (χ4n) is 3.61. The highest BCUT2D eigenvalue weighted by atomic mass is 32.2. The first-order valence-corrected chi connectivity index (χ1v) is 10.4. The zero-order valence-corrected chi connectivity index (χ0v) is 16.3. The zero-order chi connectivity index (χ0) is 18.5. The Bertz CT molecular complexity index is 747. The van der Waals surface area contributed by atoms with Crippen LogP contribution >= 0.6 is 11.8 Å². The first kappa shape index (κ1) is 18.3. The number of benzene rings is 2. The van der Waals surface area contributed by atoms with Crippen molar-refractivity contribution in [1.29, 1.82) is 0 Å². The molecule has 142 valence electrons. The molecule has 27 heavy (non-hydrogen) atoms. The molecule has 0 aromatic heterocycles. The number of fused-ring (bicyclic) bond motifs is 2. The van der Waals surface area contributed by atoms with Gasteiger partial charge in [0.05, 0.1) is 37.7 Å². The molecule has 4 rings (SSSR count). The van der Waals surface area contributed by atoms with Crippen molar-refractivity contribution in [3.05, 3.63) is 48.5 Å². The highest BCUT2D eigenvalue weighted by molar-refractivity contribution is 7.99. The van der Waals surface area contributed by atoms with Crippen LogP contribution in [-0.4, -0.2) is 51.8 Å². The summed E-state index contributed by atoms with van der Waals surface area (Å²) in [6, 6.07) is 16.8. The number of nitrogens with one attached hydrogen (secondary N) is 2. The smallest absolute Gasteiger partial charge is 0.222 e. The van der Waals surface area contributed by atoms with Crippen LogP contribution in [0, 0.1) is 0 Å². The molecule has 2 aliphatic heterocycles. The van der Waals surface area contributed by atoms with Gasteiger partial charge in [0.25, 0.3) is 0 Å². The van der Waals surface area contributed by atoms with Crippen molar-refractivity contribution in [2.45, 2.75) is 16.2 Å². The third-order valence-electron chi connectivity index (χ3n) is 5.10. The van der Waals surface area contributed by atoms with E-state index in [1.165, 1.54) is 26.1 Å². The SMILES string of the molecule is O=C(CCN1c2ccccc2Sc2ccccc21)NCC[NH+]1CCOCC1. The fraction of sp³-hybridized carbons (Fsp3) is 0.381. The number of carbonyl (C=O) groups excluding carboxylic acids is 1. The van der Waals surface area contributed by atoms with Gasteiger partial charge in [-0.25, -0.2) is 0 Å². The van der Waals surface area contributed by atoms with E-state index in [9.17, 15) is 4.79 Å². The van der Waals surface area contributed by atoms with Gasteiger partial charge < -0.3 is 19.9 Å². The lowest BCUT2D eigenvalue weighted by atomic mass is 10.2. The lowest BCUT2D eigenvalue weighted by Crippen LogP contribution is -3.14. The van der Waals surface area contributed by atoms with E-state index >= 15 is 0 Å². The largest absolute Gasteiger partial charge is 0.370 e. The minimum Gasteiger partial charge on any atom is -0.370 e. The van der Waals surface area contributed by atoms with Gasteiger partial charge in [0, 0.05) is 22.8 Å². The number of amides is 1. The van der Waals surface area contributed by atoms with Crippen LogP contribution < -0.4 is 15.1 Å². The number of carbonyl (C=O) groups is 1. The highest BCUT2D eigenvalue weighted by Gasteiger charge is 2.23. The summed E-state index contributed by atoms with van der Waals surface area (Å²) < 4.78 is 5.37. The molecule has 2 aliphatic rings. The average molecular weight is 385 g/mol. The molecule has 0 atom stereocenters. The number of anilines is 2. The van der Waals surface area contributed by atoms with Crippen molar-refractivity contribution in [3.63, 3.8) is 0 Å². The van der Waals surface area contributed by atoms with E-state index in [0.29, 0.717) is 13.0 Å². The Morgan fingerprint density at radius 1 is 1.04 bits per heavy atom. The van der Waals surface area contributed by atoms with Gasteiger partial charge in [-0.1, -0.05) is 36.0 Å². The van der Waals surface area contributed by atoms with Crippen LogP contribution in [0.5, 0.6) is 0 Å². The first-order valence-electron chi connectivity index (χ1n) is 9.63. The molecule has 1 amide bonds. The van der Waals surface area contributed by atoms with Crippen LogP contribution in [-0.2, 0) is 9.53 Å². The van der Waals surface area contributed by atoms with Gasteiger partial charge in [0.2, 0.25) is 5.91 Å². The molecule has 0 saturated carbocycles. The second-order valence-electron chi connectivity index (χ2n) is 6.90. The maximum Gasteiger partial charge on any atom is 0.222 e. The van der Waals surface area contributed by atoms with Crippen molar-refractivity contribution >= 4 is 29.0 Å². The molecule has 2 aromatic rings. The molecule has 0 radical (unpaired) electrons. The average Bonchev–Trinajstić information content (AvgIpc) is 2.72. The summed E-state index contributed by atoms with van der Waals surface area (Å²) in [5, 5.41) is 3.09. The lowest BCUT2D eigenvalue weighted by molar-refractivity contribution is -0.906. The molecule has 5 nitrogen and oxygen atoms in total. The van der Waals surface area contributed by atoms with Crippen LogP contribution in [0.2, 0.25) is 0 Å². The molecule has 2 aromatic carbocycles. The normalized spacial score (nSPS) is 16.5. The van der Waals surface area contributed by atoms with Gasteiger partial charge in [0.15, 0.2) is 0 Å². The topological polar surface area (TPSA) is 46.0 Å². The first-order chi connectivity index (χ1) is 13.3. The zero-order valence-electron chi connectivity index (χ0n) is 15.4. The number of rotatable bonds is 6. The number of hydrogen-bond donors (Lipinski definition) is 2. The Balaban J connectivity index is 1.34. The van der Waals surface area contributed by atoms with E-state index in [2.05, 4.69) is 58.7 Å². The maximum absolute atomic E-state index is 12.4. The van der Waals surface area contributed by atoms with Crippen LogP contribution in [0.25, 0.3) is 0 Å². The molecule has 2 heterocycles. The monoisotopic (exact) mass is 384 g/mol. The maximum atomic E-state index is 12.4. The molecule has 0 aliphatic carbocycles. The molecule has 0 bridgehead atoms. The van der Waals surface area contributed by atoms with Crippen molar-refractivity contribution < 1.29 is 14.4 Å². The predicted molar refractivity (Wildman–Crippen MR) is 108 cm³/mol. The lowest BCUT2D eigenvalue weighted by Gasteiger charge is -2.32. The number of nitrogens with zero attached hydrogens (tertiary/aromatic N) is 1. The molecule has 1 fully saturated rings. The van der Waals surface area contributed by atoms with Crippen LogP contribution in [0.15, 0.2) is 58.3 Å². The minimum absolute atomic E-state index is 0.121. The predicted octanol–water partition coefficient (Wildman–Crippen LogP) is 1.71. The molecule has 6 heteroatoms. The number of ether oxygens (including phenoxy) is 1. The van der Waals surface area contributed by atoms with E-state index in [0.717, 1.165) is 39.4 Å². The minimum atomic E-state index is 0.121. The second kappa shape index (κ2) is 8.78. The summed E-state index contributed by atoms with van der Waals surface area (Å²) in [6.07, 6.45) is 0.492. The molecule has 2 N–H and O–H groups in total. The quantitative estimate of drug-likeness (QED) is 0.796. The Kier molecular flexibility index (Phi) is 5.97. The van der Waals surface area contributed by atoms with Crippen LogP contribution in [0.3, 0.4) is 0 Å². The summed E-state index contributed by atoms with van der Waals surface area (Å²) in [5.41, 5.74) is 2.37. The molecular formula is C21H26N3O2S+. The van der Waals surface area contributed by atoms with Crippen LogP contribution in [0.4, 0.5) is 11.4 Å². The van der Waals surface area contributed by atoms with E-state index in [-0.39, 0.29) is 5.91 Å². The summed E-state index contributed by atoms with van der Waals surface area (Å²) in [7, 11) is 0. The summed E-state index contributed by atoms with van der Waals surface area (Å²) >= 11 is 1.79. The third kappa shape index (κ3) is 4.46. The Morgan fingerprint density at radius 3 is 2.33 bits per heavy atom. The molecule has 0 spiro atoms. The highest BCUT2D eigenvalue weighted by Crippen LogP contribution is 2.47. The standard InChI is InChI=1S/C21H25N3O2S/c25-21(22-10-12-23-13-15-26-16-14-23)9-11-24-17-5-1-3-7-19(17)27-20-8-4-2-6-18(20)24/h1-8H,9-16H2,(H,22,25)/p+1.